The van der Waals surface area contributed by atoms with Crippen molar-refractivity contribution in [3.63, 3.8) is 0 Å². The number of hydrogen-bond acceptors (Lipinski definition) is 5. The Bertz CT molecular complexity index is 675. The molecule has 0 bridgehead atoms. The van der Waals surface area contributed by atoms with Crippen molar-refractivity contribution in [1.29, 1.82) is 0 Å². The Kier molecular flexibility index (Phi) is 1.90. The average molecular weight is 265 g/mol. The largest absolute Gasteiger partial charge is 0.316 e. The van der Waals surface area contributed by atoms with E-state index in [4.69, 9.17) is 4.99 Å². The standard InChI is InChI=1S/C15H15N5/c1-2-4-12-11(3-1)5-8-18-13(12)19-9-6-16-15(19)20-10-7-17-14(18)20/h1-5,8,13H,6-7,9-10H2. The minimum Gasteiger partial charge on any atom is -0.316 e. The molecule has 4 aliphatic rings. The van der Waals surface area contributed by atoms with E-state index in [-0.39, 0.29) is 6.17 Å². The summed E-state index contributed by atoms with van der Waals surface area (Å²) in [6, 6.07) is 8.61. The van der Waals surface area contributed by atoms with E-state index in [1.165, 1.54) is 11.1 Å². The second kappa shape index (κ2) is 3.62. The Morgan fingerprint density at radius 2 is 1.85 bits per heavy atom. The van der Waals surface area contributed by atoms with Gasteiger partial charge in [0, 0.05) is 24.9 Å². The van der Waals surface area contributed by atoms with E-state index in [0.29, 0.717) is 0 Å². The van der Waals surface area contributed by atoms with Crippen LogP contribution in [0.25, 0.3) is 6.08 Å². The van der Waals surface area contributed by atoms with Crippen LogP contribution in [0.4, 0.5) is 0 Å². The summed E-state index contributed by atoms with van der Waals surface area (Å²) in [7, 11) is 0. The van der Waals surface area contributed by atoms with Crippen molar-refractivity contribution < 1.29 is 0 Å². The van der Waals surface area contributed by atoms with Crippen LogP contribution in [0.3, 0.4) is 0 Å². The van der Waals surface area contributed by atoms with Crippen molar-refractivity contribution in [2.75, 3.05) is 26.2 Å². The first kappa shape index (κ1) is 10.5. The first-order chi connectivity index (χ1) is 9.93. The smallest absolute Gasteiger partial charge is 0.209 e. The van der Waals surface area contributed by atoms with Gasteiger partial charge in [-0.2, -0.15) is 0 Å². The van der Waals surface area contributed by atoms with Crippen molar-refractivity contribution >= 4 is 18.0 Å². The number of nitrogens with zero attached hydrogens (tertiary/aromatic N) is 5. The van der Waals surface area contributed by atoms with Crippen LogP contribution in [-0.2, 0) is 0 Å². The molecule has 1 saturated heterocycles. The zero-order chi connectivity index (χ0) is 13.1. The lowest BCUT2D eigenvalue weighted by Crippen LogP contribution is -2.59. The third-order valence-corrected chi connectivity index (χ3v) is 4.39. The molecule has 1 aromatic rings. The molecule has 100 valence electrons. The van der Waals surface area contributed by atoms with Crippen molar-refractivity contribution in [2.24, 2.45) is 9.98 Å². The fourth-order valence-electron chi connectivity index (χ4n) is 3.55. The Hall–Kier alpha value is -2.30. The Labute approximate surface area is 117 Å². The molecule has 0 amide bonds. The predicted molar refractivity (Wildman–Crippen MR) is 78.1 cm³/mol. The molecule has 1 atom stereocenters. The van der Waals surface area contributed by atoms with Crippen molar-refractivity contribution in [1.82, 2.24) is 14.7 Å². The maximum absolute atomic E-state index is 4.70. The highest BCUT2D eigenvalue weighted by atomic mass is 15.6. The van der Waals surface area contributed by atoms with Crippen LogP contribution >= 0.6 is 0 Å². The molecular weight excluding hydrogens is 250 g/mol. The van der Waals surface area contributed by atoms with Crippen LogP contribution in [0.5, 0.6) is 0 Å². The topological polar surface area (TPSA) is 34.4 Å². The van der Waals surface area contributed by atoms with Crippen LogP contribution in [0.2, 0.25) is 0 Å². The summed E-state index contributed by atoms with van der Waals surface area (Å²) in [5.41, 5.74) is 2.64. The number of guanidine groups is 2. The first-order valence-corrected chi connectivity index (χ1v) is 7.12. The minimum atomic E-state index is 0.213. The van der Waals surface area contributed by atoms with E-state index in [2.05, 4.69) is 56.2 Å². The minimum absolute atomic E-state index is 0.213. The third kappa shape index (κ3) is 1.18. The maximum Gasteiger partial charge on any atom is 0.209 e. The normalized spacial score (nSPS) is 25.8. The van der Waals surface area contributed by atoms with E-state index in [1.807, 2.05) is 0 Å². The molecular formula is C15H15N5. The second-order valence-electron chi connectivity index (χ2n) is 5.43. The number of benzene rings is 1. The monoisotopic (exact) mass is 265 g/mol. The molecule has 5 nitrogen and oxygen atoms in total. The Morgan fingerprint density at radius 1 is 1.00 bits per heavy atom. The van der Waals surface area contributed by atoms with Gasteiger partial charge in [0.1, 0.15) is 6.17 Å². The number of fused-ring (bicyclic) bond motifs is 8. The fourth-order valence-corrected chi connectivity index (χ4v) is 3.55. The fraction of sp³-hybridized carbons (Fsp3) is 0.333. The number of aliphatic imine (C=N–C) groups is 2. The second-order valence-corrected chi connectivity index (χ2v) is 5.43. The molecule has 1 fully saturated rings. The summed E-state index contributed by atoms with van der Waals surface area (Å²) in [5, 5.41) is 0. The SMILES string of the molecule is C1=CN2C3=NCCN3C3=NCCN3C2c2ccccc21. The van der Waals surface area contributed by atoms with Gasteiger partial charge in [-0.15, -0.1) is 0 Å². The lowest BCUT2D eigenvalue weighted by Gasteiger charge is -2.48. The molecule has 4 aliphatic heterocycles. The van der Waals surface area contributed by atoms with Crippen molar-refractivity contribution in [2.45, 2.75) is 6.17 Å². The van der Waals surface area contributed by atoms with Gasteiger partial charge in [-0.1, -0.05) is 24.3 Å². The number of rotatable bonds is 0. The van der Waals surface area contributed by atoms with Gasteiger partial charge in [0.15, 0.2) is 0 Å². The van der Waals surface area contributed by atoms with Gasteiger partial charge in [-0.25, -0.2) is 0 Å². The maximum atomic E-state index is 4.70. The van der Waals surface area contributed by atoms with E-state index in [0.717, 1.165) is 38.1 Å². The molecule has 0 aliphatic carbocycles. The average Bonchev–Trinajstić information content (AvgIpc) is 3.15. The molecule has 0 radical (unpaired) electrons. The van der Waals surface area contributed by atoms with E-state index < -0.39 is 0 Å². The molecule has 0 N–H and O–H groups in total. The first-order valence-electron chi connectivity index (χ1n) is 7.12. The Balaban J connectivity index is 1.72. The summed E-state index contributed by atoms with van der Waals surface area (Å²) in [6.07, 6.45) is 4.56. The summed E-state index contributed by atoms with van der Waals surface area (Å²) >= 11 is 0. The summed E-state index contributed by atoms with van der Waals surface area (Å²) in [4.78, 5) is 16.3. The lowest BCUT2D eigenvalue weighted by molar-refractivity contribution is 0.166. The van der Waals surface area contributed by atoms with Gasteiger partial charge in [0.2, 0.25) is 11.9 Å². The third-order valence-electron chi connectivity index (χ3n) is 4.39. The van der Waals surface area contributed by atoms with Gasteiger partial charge in [0.05, 0.1) is 13.1 Å². The van der Waals surface area contributed by atoms with Gasteiger partial charge >= 0.3 is 0 Å². The van der Waals surface area contributed by atoms with Crippen molar-refractivity contribution in [3.05, 3.63) is 41.6 Å². The molecule has 0 spiro atoms. The summed E-state index contributed by atoms with van der Waals surface area (Å²) < 4.78 is 0. The molecule has 1 aromatic carbocycles. The summed E-state index contributed by atoms with van der Waals surface area (Å²) in [5.74, 6) is 2.16. The molecule has 20 heavy (non-hydrogen) atoms. The zero-order valence-electron chi connectivity index (χ0n) is 11.1. The van der Waals surface area contributed by atoms with Crippen LogP contribution in [0.1, 0.15) is 17.3 Å². The van der Waals surface area contributed by atoms with Crippen LogP contribution in [0, 0.1) is 0 Å². The van der Waals surface area contributed by atoms with Crippen LogP contribution < -0.4 is 0 Å². The molecule has 0 aromatic heterocycles. The molecule has 4 heterocycles. The van der Waals surface area contributed by atoms with E-state index >= 15 is 0 Å². The summed E-state index contributed by atoms with van der Waals surface area (Å²) in [6.45, 7) is 3.68. The van der Waals surface area contributed by atoms with Gasteiger partial charge in [0.25, 0.3) is 0 Å². The molecule has 5 rings (SSSR count). The van der Waals surface area contributed by atoms with Gasteiger partial charge in [-0.05, 0) is 11.6 Å². The van der Waals surface area contributed by atoms with Crippen LogP contribution in [0.15, 0.2) is 40.5 Å². The van der Waals surface area contributed by atoms with Gasteiger partial charge < -0.3 is 4.90 Å². The zero-order valence-corrected chi connectivity index (χ0v) is 11.1. The predicted octanol–water partition coefficient (Wildman–Crippen LogP) is 1.33. The Morgan fingerprint density at radius 3 is 2.85 bits per heavy atom. The highest BCUT2D eigenvalue weighted by Crippen LogP contribution is 2.39. The molecule has 0 saturated carbocycles. The van der Waals surface area contributed by atoms with E-state index in [1.54, 1.807) is 0 Å². The highest BCUT2D eigenvalue weighted by Gasteiger charge is 2.45. The lowest BCUT2D eigenvalue weighted by atomic mass is 9.99. The van der Waals surface area contributed by atoms with E-state index in [9.17, 15) is 0 Å². The highest BCUT2D eigenvalue weighted by molar-refractivity contribution is 6.03. The molecule has 1 unspecified atom stereocenters. The number of hydrogen-bond donors (Lipinski definition) is 0. The quantitative estimate of drug-likeness (QED) is 0.710. The molecule has 5 heteroatoms. The van der Waals surface area contributed by atoms with Crippen molar-refractivity contribution in [3.8, 4) is 0 Å². The van der Waals surface area contributed by atoms with Crippen LogP contribution in [-0.4, -0.2) is 52.8 Å². The van der Waals surface area contributed by atoms with Gasteiger partial charge in [-0.3, -0.25) is 19.8 Å².